The second-order valence-corrected chi connectivity index (χ2v) is 6.86. The zero-order chi connectivity index (χ0) is 19.1. The second-order valence-electron chi connectivity index (χ2n) is 6.86. The van der Waals surface area contributed by atoms with Gasteiger partial charge in [-0.15, -0.1) is 0 Å². The number of aliphatic imine (C=N–C) groups is 1. The predicted octanol–water partition coefficient (Wildman–Crippen LogP) is 1.75. The molecule has 0 saturated carbocycles. The summed E-state index contributed by atoms with van der Waals surface area (Å²) in [5.41, 5.74) is 1.81. The van der Waals surface area contributed by atoms with Crippen LogP contribution in [0.1, 0.15) is 12.0 Å². The van der Waals surface area contributed by atoms with E-state index in [0.29, 0.717) is 12.2 Å². The predicted molar refractivity (Wildman–Crippen MR) is 107 cm³/mol. The van der Waals surface area contributed by atoms with Crippen LogP contribution >= 0.6 is 0 Å². The van der Waals surface area contributed by atoms with Gasteiger partial charge < -0.3 is 14.5 Å². The molecule has 2 aliphatic heterocycles. The van der Waals surface area contributed by atoms with E-state index in [-0.39, 0.29) is 0 Å². The van der Waals surface area contributed by atoms with Gasteiger partial charge >= 0.3 is 0 Å². The van der Waals surface area contributed by atoms with Gasteiger partial charge in [-0.1, -0.05) is 6.07 Å². The number of nitrogens with zero attached hydrogens (tertiary/aromatic N) is 6. The Morgan fingerprint density at radius 2 is 2.07 bits per heavy atom. The summed E-state index contributed by atoms with van der Waals surface area (Å²) in [7, 11) is 3.76. The molecular weight excluding hydrogens is 340 g/mol. The Hall–Kier alpha value is -2.56. The number of ether oxygens (including phenoxy) is 1. The third-order valence-electron chi connectivity index (χ3n) is 5.05. The Labute approximate surface area is 161 Å². The molecule has 2 heterocycles. The van der Waals surface area contributed by atoms with Gasteiger partial charge in [0.15, 0.2) is 5.76 Å². The van der Waals surface area contributed by atoms with E-state index in [1.54, 1.807) is 13.3 Å². The molecule has 2 aliphatic rings. The lowest BCUT2D eigenvalue weighted by molar-refractivity contribution is -0.0225. The van der Waals surface area contributed by atoms with Crippen LogP contribution in [0.3, 0.4) is 0 Å². The Morgan fingerprint density at radius 1 is 1.26 bits per heavy atom. The maximum Gasteiger partial charge on any atom is 0.154 e. The Morgan fingerprint density at radius 3 is 2.81 bits per heavy atom. The molecule has 7 heteroatoms. The molecular formula is C20H28N6O. The molecule has 27 heavy (non-hydrogen) atoms. The number of anilines is 1. The topological polar surface area (TPSA) is 58.3 Å². The summed E-state index contributed by atoms with van der Waals surface area (Å²) in [6, 6.07) is 9.99. The highest BCUT2D eigenvalue weighted by Gasteiger charge is 2.21. The van der Waals surface area contributed by atoms with Crippen LogP contribution in [0, 0.1) is 11.3 Å². The molecule has 1 saturated heterocycles. The van der Waals surface area contributed by atoms with E-state index in [1.807, 2.05) is 24.4 Å². The van der Waals surface area contributed by atoms with Crippen LogP contribution in [0.25, 0.3) is 0 Å². The van der Waals surface area contributed by atoms with Crippen LogP contribution in [0.15, 0.2) is 41.2 Å². The molecule has 3 rings (SSSR count). The molecule has 1 fully saturated rings. The van der Waals surface area contributed by atoms with Crippen LogP contribution in [0.2, 0.25) is 0 Å². The van der Waals surface area contributed by atoms with Crippen LogP contribution < -0.4 is 4.90 Å². The monoisotopic (exact) mass is 368 g/mol. The van der Waals surface area contributed by atoms with Crippen molar-refractivity contribution in [3.63, 3.8) is 0 Å². The second kappa shape index (κ2) is 9.40. The van der Waals surface area contributed by atoms with Crippen molar-refractivity contribution in [2.75, 3.05) is 65.0 Å². The quantitative estimate of drug-likeness (QED) is 0.731. The van der Waals surface area contributed by atoms with Crippen molar-refractivity contribution in [3.05, 3.63) is 41.8 Å². The maximum absolute atomic E-state index is 9.03. The van der Waals surface area contributed by atoms with Gasteiger partial charge in [-0.2, -0.15) is 5.26 Å². The van der Waals surface area contributed by atoms with E-state index < -0.39 is 0 Å². The summed E-state index contributed by atoms with van der Waals surface area (Å²) in [4.78, 5) is 9.08. The fourth-order valence-corrected chi connectivity index (χ4v) is 3.40. The minimum absolute atomic E-state index is 0.666. The Balaban J connectivity index is 1.39. The first-order chi connectivity index (χ1) is 13.2. The fraction of sp³-hybridized carbons (Fsp3) is 0.500. The van der Waals surface area contributed by atoms with E-state index in [1.165, 1.54) is 0 Å². The van der Waals surface area contributed by atoms with Crippen molar-refractivity contribution in [1.82, 2.24) is 14.9 Å². The molecule has 0 aliphatic carbocycles. The fourth-order valence-electron chi connectivity index (χ4n) is 3.40. The molecule has 0 aromatic heterocycles. The van der Waals surface area contributed by atoms with Gasteiger partial charge in [-0.25, -0.2) is 5.01 Å². The standard InChI is InChI=1S/C20H28N6O/c1-23(19-6-3-5-18(13-19)14-21)7-4-8-24-9-11-25(12-10-24)26-16-20(27-2)15-22-17-26/h3,5-6,13,15-16H,4,7-12,17H2,1-2H3. The molecule has 0 amide bonds. The van der Waals surface area contributed by atoms with Gasteiger partial charge in [0.2, 0.25) is 0 Å². The number of piperazine rings is 1. The molecule has 0 spiro atoms. The minimum atomic E-state index is 0.666. The number of benzene rings is 1. The van der Waals surface area contributed by atoms with Crippen molar-refractivity contribution < 1.29 is 4.74 Å². The molecule has 7 nitrogen and oxygen atoms in total. The number of nitriles is 1. The van der Waals surface area contributed by atoms with E-state index in [0.717, 1.165) is 57.1 Å². The first kappa shape index (κ1) is 19.2. The number of rotatable bonds is 7. The largest absolute Gasteiger partial charge is 0.494 e. The van der Waals surface area contributed by atoms with E-state index in [4.69, 9.17) is 10.00 Å². The lowest BCUT2D eigenvalue weighted by Gasteiger charge is -2.40. The highest BCUT2D eigenvalue weighted by molar-refractivity contribution is 5.76. The van der Waals surface area contributed by atoms with Crippen molar-refractivity contribution in [1.29, 1.82) is 5.26 Å². The van der Waals surface area contributed by atoms with Gasteiger partial charge in [0.05, 0.1) is 31.2 Å². The maximum atomic E-state index is 9.03. The lowest BCUT2D eigenvalue weighted by Crippen LogP contribution is -2.52. The Kier molecular flexibility index (Phi) is 6.69. The summed E-state index contributed by atoms with van der Waals surface area (Å²) in [6.45, 7) is 6.86. The number of hydrogen-bond acceptors (Lipinski definition) is 7. The van der Waals surface area contributed by atoms with Crippen LogP contribution in [-0.2, 0) is 4.74 Å². The molecule has 0 bridgehead atoms. The summed E-state index contributed by atoms with van der Waals surface area (Å²) >= 11 is 0. The summed E-state index contributed by atoms with van der Waals surface area (Å²) < 4.78 is 5.27. The average molecular weight is 368 g/mol. The van der Waals surface area contributed by atoms with Crippen LogP contribution in [0.4, 0.5) is 5.69 Å². The number of hydrogen-bond donors (Lipinski definition) is 0. The van der Waals surface area contributed by atoms with Gasteiger partial charge in [-0.3, -0.25) is 10.0 Å². The van der Waals surface area contributed by atoms with Gasteiger partial charge in [0.1, 0.15) is 6.67 Å². The Bertz CT molecular complexity index is 717. The summed E-state index contributed by atoms with van der Waals surface area (Å²) in [5.74, 6) is 0.798. The van der Waals surface area contributed by atoms with Crippen molar-refractivity contribution in [3.8, 4) is 6.07 Å². The average Bonchev–Trinajstić information content (AvgIpc) is 2.74. The molecule has 1 aromatic rings. The number of methoxy groups -OCH3 is 1. The zero-order valence-electron chi connectivity index (χ0n) is 16.2. The van der Waals surface area contributed by atoms with Crippen LogP contribution in [0.5, 0.6) is 0 Å². The first-order valence-corrected chi connectivity index (χ1v) is 9.40. The highest BCUT2D eigenvalue weighted by atomic mass is 16.5. The molecule has 0 N–H and O–H groups in total. The summed E-state index contributed by atoms with van der Waals surface area (Å²) in [5, 5.41) is 13.5. The summed E-state index contributed by atoms with van der Waals surface area (Å²) in [6.07, 6.45) is 4.90. The number of hydrazine groups is 1. The zero-order valence-corrected chi connectivity index (χ0v) is 16.2. The first-order valence-electron chi connectivity index (χ1n) is 9.40. The van der Waals surface area contributed by atoms with E-state index in [2.05, 4.69) is 44.0 Å². The van der Waals surface area contributed by atoms with E-state index in [9.17, 15) is 0 Å². The normalized spacial score (nSPS) is 18.1. The third kappa shape index (κ3) is 5.22. The van der Waals surface area contributed by atoms with Crippen molar-refractivity contribution in [2.45, 2.75) is 6.42 Å². The van der Waals surface area contributed by atoms with E-state index >= 15 is 0 Å². The van der Waals surface area contributed by atoms with Gasteiger partial charge in [0.25, 0.3) is 0 Å². The lowest BCUT2D eigenvalue weighted by atomic mass is 10.2. The smallest absolute Gasteiger partial charge is 0.154 e. The highest BCUT2D eigenvalue weighted by Crippen LogP contribution is 2.15. The molecule has 1 aromatic carbocycles. The molecule has 144 valence electrons. The SMILES string of the molecule is COC1=CN(N2CCN(CCCN(C)c3cccc(C#N)c3)CC2)CN=C1. The molecule has 0 unspecified atom stereocenters. The van der Waals surface area contributed by atoms with Gasteiger partial charge in [-0.05, 0) is 31.2 Å². The van der Waals surface area contributed by atoms with Crippen molar-refractivity contribution >= 4 is 11.9 Å². The van der Waals surface area contributed by atoms with Gasteiger partial charge in [0, 0.05) is 45.5 Å². The van der Waals surface area contributed by atoms with Crippen LogP contribution in [-0.4, -0.2) is 81.2 Å². The van der Waals surface area contributed by atoms with Crippen molar-refractivity contribution in [2.24, 2.45) is 4.99 Å². The minimum Gasteiger partial charge on any atom is -0.494 e. The third-order valence-corrected chi connectivity index (χ3v) is 5.05. The molecule has 0 atom stereocenters. The molecule has 0 radical (unpaired) electrons. The number of allylic oxidation sites excluding steroid dienone is 1.